The van der Waals surface area contributed by atoms with Crippen molar-refractivity contribution in [3.8, 4) is 11.5 Å². The van der Waals surface area contributed by atoms with Crippen LogP contribution in [-0.2, 0) is 14.3 Å². The van der Waals surface area contributed by atoms with Gasteiger partial charge in [-0.15, -0.1) is 0 Å². The zero-order valence-electron chi connectivity index (χ0n) is 17.0. The SMILES string of the molecule is COc1cc(/C=C2\SC(=O)N(CC(=O)N3CCOCC3)C2=O)cc(Cl)c1OC(C)C. The molecule has 0 atom stereocenters. The molecule has 1 aromatic carbocycles. The van der Waals surface area contributed by atoms with E-state index in [1.165, 1.54) is 7.11 Å². The fourth-order valence-corrected chi connectivity index (χ4v) is 4.11. The van der Waals surface area contributed by atoms with E-state index in [1.54, 1.807) is 23.1 Å². The zero-order chi connectivity index (χ0) is 21.8. The molecule has 162 valence electrons. The number of hydrogen-bond donors (Lipinski definition) is 0. The molecule has 3 amide bonds. The highest BCUT2D eigenvalue weighted by atomic mass is 35.5. The van der Waals surface area contributed by atoms with E-state index in [9.17, 15) is 14.4 Å². The number of nitrogens with zero attached hydrogens (tertiary/aromatic N) is 2. The molecule has 2 aliphatic heterocycles. The number of carbonyl (C=O) groups excluding carboxylic acids is 3. The second kappa shape index (κ2) is 9.72. The van der Waals surface area contributed by atoms with Crippen molar-refractivity contribution >= 4 is 46.5 Å². The lowest BCUT2D eigenvalue weighted by Gasteiger charge is -2.28. The maximum absolute atomic E-state index is 12.7. The number of halogens is 1. The van der Waals surface area contributed by atoms with E-state index in [4.69, 9.17) is 25.8 Å². The van der Waals surface area contributed by atoms with Crippen molar-refractivity contribution < 1.29 is 28.6 Å². The molecule has 2 saturated heterocycles. The number of benzene rings is 1. The molecule has 1 aromatic rings. The van der Waals surface area contributed by atoms with Crippen LogP contribution in [0.15, 0.2) is 17.0 Å². The number of thioether (sulfide) groups is 1. The van der Waals surface area contributed by atoms with Crippen LogP contribution in [-0.4, -0.2) is 72.9 Å². The summed E-state index contributed by atoms with van der Waals surface area (Å²) in [7, 11) is 1.49. The van der Waals surface area contributed by atoms with Gasteiger partial charge in [-0.1, -0.05) is 11.6 Å². The number of hydrogen-bond acceptors (Lipinski definition) is 7. The van der Waals surface area contributed by atoms with Crippen LogP contribution in [0.25, 0.3) is 6.08 Å². The van der Waals surface area contributed by atoms with Crippen molar-refractivity contribution in [3.63, 3.8) is 0 Å². The third-order valence-electron chi connectivity index (χ3n) is 4.43. The van der Waals surface area contributed by atoms with Gasteiger partial charge in [0.15, 0.2) is 11.5 Å². The van der Waals surface area contributed by atoms with Crippen molar-refractivity contribution in [1.82, 2.24) is 9.80 Å². The second-order valence-corrected chi connectivity index (χ2v) is 8.36. The molecule has 0 spiro atoms. The molecule has 0 aromatic heterocycles. The maximum atomic E-state index is 12.7. The van der Waals surface area contributed by atoms with Crippen molar-refractivity contribution in [2.45, 2.75) is 20.0 Å². The van der Waals surface area contributed by atoms with Crippen LogP contribution in [0.4, 0.5) is 4.79 Å². The molecule has 2 aliphatic rings. The largest absolute Gasteiger partial charge is 0.493 e. The number of rotatable bonds is 6. The highest BCUT2D eigenvalue weighted by Gasteiger charge is 2.37. The van der Waals surface area contributed by atoms with Crippen LogP contribution in [0, 0.1) is 0 Å². The number of ether oxygens (including phenoxy) is 3. The van der Waals surface area contributed by atoms with Crippen LogP contribution in [0.1, 0.15) is 19.4 Å². The molecule has 10 heteroatoms. The first-order chi connectivity index (χ1) is 14.3. The highest BCUT2D eigenvalue weighted by Crippen LogP contribution is 2.39. The lowest BCUT2D eigenvalue weighted by molar-refractivity contribution is -0.139. The Bertz CT molecular complexity index is 882. The number of morpholine rings is 1. The molecule has 0 saturated carbocycles. The quantitative estimate of drug-likeness (QED) is 0.610. The molecule has 0 N–H and O–H groups in total. The summed E-state index contributed by atoms with van der Waals surface area (Å²) >= 11 is 7.12. The van der Waals surface area contributed by atoms with Gasteiger partial charge in [0, 0.05) is 13.1 Å². The fraction of sp³-hybridized carbons (Fsp3) is 0.450. The predicted molar refractivity (Wildman–Crippen MR) is 114 cm³/mol. The van der Waals surface area contributed by atoms with Crippen molar-refractivity contribution in [2.75, 3.05) is 40.0 Å². The maximum Gasteiger partial charge on any atom is 0.294 e. The Morgan fingerprint density at radius 2 is 2.00 bits per heavy atom. The summed E-state index contributed by atoms with van der Waals surface area (Å²) in [5.74, 6) is 0.0469. The number of methoxy groups -OCH3 is 1. The van der Waals surface area contributed by atoms with E-state index in [1.807, 2.05) is 13.8 Å². The monoisotopic (exact) mass is 454 g/mol. The minimum Gasteiger partial charge on any atom is -0.493 e. The van der Waals surface area contributed by atoms with E-state index in [-0.39, 0.29) is 23.5 Å². The second-order valence-electron chi connectivity index (χ2n) is 6.96. The summed E-state index contributed by atoms with van der Waals surface area (Å²) in [4.78, 5) is 40.2. The van der Waals surface area contributed by atoms with E-state index in [0.717, 1.165) is 16.7 Å². The molecule has 2 fully saturated rings. The van der Waals surface area contributed by atoms with Gasteiger partial charge in [-0.3, -0.25) is 19.3 Å². The first-order valence-electron chi connectivity index (χ1n) is 9.45. The Balaban J connectivity index is 1.78. The van der Waals surface area contributed by atoms with E-state index < -0.39 is 11.1 Å². The predicted octanol–water partition coefficient (Wildman–Crippen LogP) is 3.03. The molecule has 30 heavy (non-hydrogen) atoms. The summed E-state index contributed by atoms with van der Waals surface area (Å²) < 4.78 is 16.3. The Kier molecular flexibility index (Phi) is 7.27. The minimum atomic E-state index is -0.510. The average Bonchev–Trinajstić information content (AvgIpc) is 2.97. The van der Waals surface area contributed by atoms with Crippen molar-refractivity contribution in [2.24, 2.45) is 0 Å². The summed E-state index contributed by atoms with van der Waals surface area (Å²) in [5, 5.41) is -0.151. The van der Waals surface area contributed by atoms with Gasteiger partial charge in [0.2, 0.25) is 5.91 Å². The zero-order valence-corrected chi connectivity index (χ0v) is 18.5. The Morgan fingerprint density at radius 1 is 1.30 bits per heavy atom. The van der Waals surface area contributed by atoms with Gasteiger partial charge >= 0.3 is 0 Å². The van der Waals surface area contributed by atoms with Crippen molar-refractivity contribution in [1.29, 1.82) is 0 Å². The molecular formula is C20H23ClN2O6S. The lowest BCUT2D eigenvalue weighted by Crippen LogP contribution is -2.46. The van der Waals surface area contributed by atoms with Gasteiger partial charge < -0.3 is 19.1 Å². The lowest BCUT2D eigenvalue weighted by atomic mass is 10.1. The van der Waals surface area contributed by atoms with Crippen LogP contribution in [0.2, 0.25) is 5.02 Å². The summed E-state index contributed by atoms with van der Waals surface area (Å²) in [5.41, 5.74) is 0.581. The number of amides is 3. The standard InChI is InChI=1S/C20H23ClN2O6S/c1-12(2)29-18-14(21)8-13(9-15(18)27-3)10-16-19(25)23(20(26)30-16)11-17(24)22-4-6-28-7-5-22/h8-10,12H,4-7,11H2,1-3H3/b16-10-. The molecular weight excluding hydrogens is 432 g/mol. The summed E-state index contributed by atoms with van der Waals surface area (Å²) in [6, 6.07) is 3.31. The minimum absolute atomic E-state index is 0.0947. The van der Waals surface area contributed by atoms with Crippen LogP contribution >= 0.6 is 23.4 Å². The third-order valence-corrected chi connectivity index (χ3v) is 5.62. The smallest absolute Gasteiger partial charge is 0.294 e. The van der Waals surface area contributed by atoms with Gasteiger partial charge in [0.05, 0.1) is 36.4 Å². The number of imide groups is 1. The van der Waals surface area contributed by atoms with E-state index in [0.29, 0.717) is 48.4 Å². The van der Waals surface area contributed by atoms with E-state index >= 15 is 0 Å². The summed E-state index contributed by atoms with van der Waals surface area (Å²) in [6.45, 7) is 5.27. The molecule has 0 radical (unpaired) electrons. The fourth-order valence-electron chi connectivity index (χ4n) is 3.01. The van der Waals surface area contributed by atoms with Gasteiger partial charge in [-0.05, 0) is 49.4 Å². The van der Waals surface area contributed by atoms with Crippen LogP contribution in [0.3, 0.4) is 0 Å². The van der Waals surface area contributed by atoms with Gasteiger partial charge in [0.25, 0.3) is 11.1 Å². The topological polar surface area (TPSA) is 85.4 Å². The normalized spacial score (nSPS) is 18.5. The van der Waals surface area contributed by atoms with Crippen molar-refractivity contribution in [3.05, 3.63) is 27.6 Å². The highest BCUT2D eigenvalue weighted by molar-refractivity contribution is 8.18. The molecule has 8 nitrogen and oxygen atoms in total. The first-order valence-corrected chi connectivity index (χ1v) is 10.6. The molecule has 3 rings (SSSR count). The van der Waals surface area contributed by atoms with E-state index in [2.05, 4.69) is 0 Å². The van der Waals surface area contributed by atoms with Crippen LogP contribution in [0.5, 0.6) is 11.5 Å². The number of carbonyl (C=O) groups is 3. The van der Waals surface area contributed by atoms with Gasteiger partial charge in [0.1, 0.15) is 6.54 Å². The first kappa shape index (κ1) is 22.5. The molecule has 2 heterocycles. The average molecular weight is 455 g/mol. The third kappa shape index (κ3) is 5.08. The Labute approximate surface area is 184 Å². The molecule has 0 unspecified atom stereocenters. The summed E-state index contributed by atoms with van der Waals surface area (Å²) in [6.07, 6.45) is 1.46. The molecule has 0 aliphatic carbocycles. The van der Waals surface area contributed by atoms with Gasteiger partial charge in [-0.25, -0.2) is 0 Å². The Morgan fingerprint density at radius 3 is 2.63 bits per heavy atom. The Hall–Kier alpha value is -2.23. The van der Waals surface area contributed by atoms with Crippen LogP contribution < -0.4 is 9.47 Å². The van der Waals surface area contributed by atoms with Gasteiger partial charge in [-0.2, -0.15) is 0 Å². The molecule has 0 bridgehead atoms.